The molecule has 0 spiro atoms. The van der Waals surface area contributed by atoms with Crippen LogP contribution in [-0.2, 0) is 0 Å². The van der Waals surface area contributed by atoms with Gasteiger partial charge in [0.15, 0.2) is 0 Å². The average molecular weight is 270 g/mol. The van der Waals surface area contributed by atoms with E-state index in [-0.39, 0.29) is 6.04 Å². The Morgan fingerprint density at radius 2 is 1.90 bits per heavy atom. The van der Waals surface area contributed by atoms with Gasteiger partial charge in [0.05, 0.1) is 12.8 Å². The molecule has 0 aliphatic heterocycles. The van der Waals surface area contributed by atoms with Gasteiger partial charge in [0, 0.05) is 18.3 Å². The minimum atomic E-state index is 0.225. The molecule has 1 heterocycles. The molecule has 2 atom stereocenters. The summed E-state index contributed by atoms with van der Waals surface area (Å²) in [5.41, 5.74) is 2.34. The number of nitrogens with zero attached hydrogens (tertiary/aromatic N) is 1. The van der Waals surface area contributed by atoms with Crippen molar-refractivity contribution in [2.24, 2.45) is 0 Å². The first-order chi connectivity index (χ1) is 9.74. The standard InChI is InChI=1S/C17H22N2O/c1-4-16(14-8-10-15(20-3)11-9-14)19-13(2)17-7-5-6-12-18-17/h5-13,16,19H,4H2,1-3H3/t13-,16?/m1/s1. The molecule has 0 bridgehead atoms. The lowest BCUT2D eigenvalue weighted by atomic mass is 10.0. The van der Waals surface area contributed by atoms with Crippen molar-refractivity contribution < 1.29 is 4.74 Å². The van der Waals surface area contributed by atoms with Crippen molar-refractivity contribution in [1.82, 2.24) is 10.3 Å². The maximum Gasteiger partial charge on any atom is 0.118 e. The summed E-state index contributed by atoms with van der Waals surface area (Å²) in [7, 11) is 1.69. The van der Waals surface area contributed by atoms with Crippen LogP contribution >= 0.6 is 0 Å². The Morgan fingerprint density at radius 3 is 2.45 bits per heavy atom. The molecule has 0 saturated heterocycles. The highest BCUT2D eigenvalue weighted by Gasteiger charge is 2.14. The lowest BCUT2D eigenvalue weighted by molar-refractivity contribution is 0.413. The molecule has 1 N–H and O–H groups in total. The highest BCUT2D eigenvalue weighted by Crippen LogP contribution is 2.23. The molecular formula is C17H22N2O. The molecular weight excluding hydrogens is 248 g/mol. The smallest absolute Gasteiger partial charge is 0.118 e. The van der Waals surface area contributed by atoms with Crippen LogP contribution in [0.15, 0.2) is 48.7 Å². The third-order valence-corrected chi connectivity index (χ3v) is 3.51. The fourth-order valence-electron chi connectivity index (χ4n) is 2.31. The highest BCUT2D eigenvalue weighted by atomic mass is 16.5. The molecule has 0 radical (unpaired) electrons. The number of methoxy groups -OCH3 is 1. The van der Waals surface area contributed by atoms with Crippen LogP contribution in [0.1, 0.15) is 43.6 Å². The molecule has 20 heavy (non-hydrogen) atoms. The maximum atomic E-state index is 5.20. The Morgan fingerprint density at radius 1 is 1.15 bits per heavy atom. The number of hydrogen-bond donors (Lipinski definition) is 1. The van der Waals surface area contributed by atoms with Crippen LogP contribution < -0.4 is 10.1 Å². The van der Waals surface area contributed by atoms with Crippen LogP contribution in [-0.4, -0.2) is 12.1 Å². The minimum absolute atomic E-state index is 0.225. The minimum Gasteiger partial charge on any atom is -0.497 e. The number of aromatic nitrogens is 1. The predicted octanol–water partition coefficient (Wildman–Crippen LogP) is 3.89. The van der Waals surface area contributed by atoms with Gasteiger partial charge in [0.25, 0.3) is 0 Å². The number of nitrogens with one attached hydrogen (secondary N) is 1. The van der Waals surface area contributed by atoms with Gasteiger partial charge in [-0.2, -0.15) is 0 Å². The van der Waals surface area contributed by atoms with Crippen molar-refractivity contribution in [2.75, 3.05) is 7.11 Å². The van der Waals surface area contributed by atoms with Crippen LogP contribution in [0.3, 0.4) is 0 Å². The Bertz CT molecular complexity index is 510. The summed E-state index contributed by atoms with van der Waals surface area (Å²) in [6.07, 6.45) is 2.87. The largest absolute Gasteiger partial charge is 0.497 e. The SMILES string of the molecule is CCC(N[C@H](C)c1ccccn1)c1ccc(OC)cc1. The fourth-order valence-corrected chi connectivity index (χ4v) is 2.31. The van der Waals surface area contributed by atoms with Crippen LogP contribution in [0.4, 0.5) is 0 Å². The highest BCUT2D eigenvalue weighted by molar-refractivity contribution is 5.29. The molecule has 1 unspecified atom stereocenters. The summed E-state index contributed by atoms with van der Waals surface area (Å²) in [5.74, 6) is 0.890. The third kappa shape index (κ3) is 3.58. The Balaban J connectivity index is 2.08. The van der Waals surface area contributed by atoms with Crippen LogP contribution in [0.2, 0.25) is 0 Å². The van der Waals surface area contributed by atoms with Gasteiger partial charge in [-0.1, -0.05) is 25.1 Å². The number of ether oxygens (including phenoxy) is 1. The molecule has 2 rings (SSSR count). The molecule has 1 aromatic carbocycles. The summed E-state index contributed by atoms with van der Waals surface area (Å²) in [6, 6.07) is 14.8. The van der Waals surface area contributed by atoms with E-state index in [0.29, 0.717) is 6.04 Å². The van der Waals surface area contributed by atoms with Crippen LogP contribution in [0, 0.1) is 0 Å². The van der Waals surface area contributed by atoms with Crippen molar-refractivity contribution in [3.63, 3.8) is 0 Å². The molecule has 0 aliphatic rings. The second-order valence-electron chi connectivity index (χ2n) is 4.88. The first-order valence-corrected chi connectivity index (χ1v) is 7.05. The number of pyridine rings is 1. The van der Waals surface area contributed by atoms with Gasteiger partial charge >= 0.3 is 0 Å². The van der Waals surface area contributed by atoms with E-state index < -0.39 is 0 Å². The molecule has 0 saturated carbocycles. The van der Waals surface area contributed by atoms with Gasteiger partial charge in [-0.15, -0.1) is 0 Å². The zero-order chi connectivity index (χ0) is 14.4. The van der Waals surface area contributed by atoms with Crippen molar-refractivity contribution in [1.29, 1.82) is 0 Å². The second-order valence-corrected chi connectivity index (χ2v) is 4.88. The maximum absolute atomic E-state index is 5.20. The zero-order valence-electron chi connectivity index (χ0n) is 12.3. The molecule has 0 fully saturated rings. The lowest BCUT2D eigenvalue weighted by Crippen LogP contribution is -2.24. The molecule has 3 nitrogen and oxygen atoms in total. The van der Waals surface area contributed by atoms with E-state index in [4.69, 9.17) is 4.74 Å². The monoisotopic (exact) mass is 270 g/mol. The first kappa shape index (κ1) is 14.5. The van der Waals surface area contributed by atoms with Crippen molar-refractivity contribution >= 4 is 0 Å². The van der Waals surface area contributed by atoms with Crippen LogP contribution in [0.5, 0.6) is 5.75 Å². The van der Waals surface area contributed by atoms with Crippen molar-refractivity contribution in [3.8, 4) is 5.75 Å². The second kappa shape index (κ2) is 7.06. The third-order valence-electron chi connectivity index (χ3n) is 3.51. The normalized spacial score (nSPS) is 13.8. The first-order valence-electron chi connectivity index (χ1n) is 7.05. The van der Waals surface area contributed by atoms with E-state index in [1.165, 1.54) is 5.56 Å². The van der Waals surface area contributed by atoms with Crippen molar-refractivity contribution in [3.05, 3.63) is 59.9 Å². The predicted molar refractivity (Wildman–Crippen MR) is 81.8 cm³/mol. The fraction of sp³-hybridized carbons (Fsp3) is 0.353. The Kier molecular flexibility index (Phi) is 5.13. The summed E-state index contributed by atoms with van der Waals surface area (Å²) in [6.45, 7) is 4.33. The summed E-state index contributed by atoms with van der Waals surface area (Å²) in [4.78, 5) is 4.40. The average Bonchev–Trinajstić information content (AvgIpc) is 2.53. The Labute approximate surface area is 121 Å². The van der Waals surface area contributed by atoms with E-state index in [1.807, 2.05) is 30.5 Å². The number of benzene rings is 1. The van der Waals surface area contributed by atoms with E-state index in [1.54, 1.807) is 7.11 Å². The molecule has 0 aliphatic carbocycles. The van der Waals surface area contributed by atoms with Gasteiger partial charge < -0.3 is 10.1 Å². The summed E-state index contributed by atoms with van der Waals surface area (Å²) < 4.78 is 5.20. The molecule has 2 aromatic rings. The van der Waals surface area contributed by atoms with Gasteiger partial charge in [0.1, 0.15) is 5.75 Å². The molecule has 106 valence electrons. The molecule has 1 aromatic heterocycles. The Hall–Kier alpha value is -1.87. The summed E-state index contributed by atoms with van der Waals surface area (Å²) in [5, 5.41) is 3.63. The van der Waals surface area contributed by atoms with Gasteiger partial charge in [-0.3, -0.25) is 4.98 Å². The quantitative estimate of drug-likeness (QED) is 0.864. The van der Waals surface area contributed by atoms with E-state index in [9.17, 15) is 0 Å². The van der Waals surface area contributed by atoms with Gasteiger partial charge in [0.2, 0.25) is 0 Å². The zero-order valence-corrected chi connectivity index (χ0v) is 12.3. The van der Waals surface area contributed by atoms with E-state index in [0.717, 1.165) is 17.9 Å². The number of rotatable bonds is 6. The van der Waals surface area contributed by atoms with Crippen LogP contribution in [0.25, 0.3) is 0 Å². The van der Waals surface area contributed by atoms with Gasteiger partial charge in [-0.25, -0.2) is 0 Å². The number of hydrogen-bond acceptors (Lipinski definition) is 3. The van der Waals surface area contributed by atoms with E-state index >= 15 is 0 Å². The van der Waals surface area contributed by atoms with E-state index in [2.05, 4.69) is 42.3 Å². The summed E-state index contributed by atoms with van der Waals surface area (Å²) >= 11 is 0. The van der Waals surface area contributed by atoms with Crippen molar-refractivity contribution in [2.45, 2.75) is 32.4 Å². The van der Waals surface area contributed by atoms with Gasteiger partial charge in [-0.05, 0) is 43.2 Å². The topological polar surface area (TPSA) is 34.2 Å². The molecule has 3 heteroatoms. The molecule has 0 amide bonds. The lowest BCUT2D eigenvalue weighted by Gasteiger charge is -2.22.